The monoisotopic (exact) mass is 323 g/mol. The van der Waals surface area contributed by atoms with Crippen molar-refractivity contribution in [2.75, 3.05) is 20.3 Å². The summed E-state index contributed by atoms with van der Waals surface area (Å²) >= 11 is 0. The van der Waals surface area contributed by atoms with Crippen LogP contribution >= 0.6 is 0 Å². The van der Waals surface area contributed by atoms with E-state index in [2.05, 4.69) is 5.18 Å². The summed E-state index contributed by atoms with van der Waals surface area (Å²) in [5.41, 5.74) is 0.164. The van der Waals surface area contributed by atoms with Gasteiger partial charge in [0.15, 0.2) is 17.8 Å². The third-order valence-corrected chi connectivity index (χ3v) is 3.13. The van der Waals surface area contributed by atoms with Gasteiger partial charge in [-0.25, -0.2) is 0 Å². The smallest absolute Gasteiger partial charge is 0.305 e. The molecule has 0 spiro atoms. The number of unbranched alkanes of at least 4 members (excludes halogenated alkanes) is 2. The third kappa shape index (κ3) is 6.06. The van der Waals surface area contributed by atoms with Crippen molar-refractivity contribution in [3.8, 4) is 11.5 Å². The van der Waals surface area contributed by atoms with Gasteiger partial charge >= 0.3 is 5.97 Å². The van der Waals surface area contributed by atoms with Gasteiger partial charge in [0, 0.05) is 18.1 Å². The molecule has 0 fully saturated rings. The van der Waals surface area contributed by atoms with Gasteiger partial charge in [0.1, 0.15) is 5.69 Å². The Morgan fingerprint density at radius 1 is 1.22 bits per heavy atom. The molecule has 0 saturated carbocycles. The molecule has 0 unspecified atom stereocenters. The molecule has 7 heteroatoms. The van der Waals surface area contributed by atoms with Gasteiger partial charge in [-0.3, -0.25) is 9.59 Å². The molecule has 126 valence electrons. The van der Waals surface area contributed by atoms with Crippen molar-refractivity contribution in [1.82, 2.24) is 0 Å². The number of aldehydes is 1. The maximum Gasteiger partial charge on any atom is 0.305 e. The number of benzene rings is 1. The molecular formula is C16H21NO6. The zero-order valence-electron chi connectivity index (χ0n) is 13.4. The van der Waals surface area contributed by atoms with Gasteiger partial charge in [-0.1, -0.05) is 0 Å². The highest BCUT2D eigenvalue weighted by Crippen LogP contribution is 2.34. The Morgan fingerprint density at radius 3 is 2.61 bits per heavy atom. The average molecular weight is 323 g/mol. The minimum Gasteiger partial charge on any atom is -0.493 e. The summed E-state index contributed by atoms with van der Waals surface area (Å²) in [5.74, 6) is 0.533. The standard InChI is InChI=1S/C16H21NO6/c1-3-22-16(19)7-5-4-6-8-23-15-10-13(17-20)12(11-18)9-14(15)21-2/h9-11H,3-8H2,1-2H3. The van der Waals surface area contributed by atoms with Crippen LogP contribution in [0.15, 0.2) is 17.3 Å². The molecule has 0 bridgehead atoms. The van der Waals surface area contributed by atoms with E-state index in [1.165, 1.54) is 19.2 Å². The van der Waals surface area contributed by atoms with Crippen molar-refractivity contribution < 1.29 is 23.8 Å². The summed E-state index contributed by atoms with van der Waals surface area (Å²) in [6.07, 6.45) is 3.21. The number of hydrogen-bond donors (Lipinski definition) is 0. The first-order chi connectivity index (χ1) is 11.2. The number of hydrogen-bond acceptors (Lipinski definition) is 7. The van der Waals surface area contributed by atoms with Crippen LogP contribution in [0.25, 0.3) is 0 Å². The van der Waals surface area contributed by atoms with Crippen LogP contribution in [-0.2, 0) is 9.53 Å². The Morgan fingerprint density at radius 2 is 2.00 bits per heavy atom. The molecule has 1 aromatic rings. The summed E-state index contributed by atoms with van der Waals surface area (Å²) in [7, 11) is 1.45. The third-order valence-electron chi connectivity index (χ3n) is 3.13. The minimum absolute atomic E-state index is 0.0121. The molecule has 1 aromatic carbocycles. The first kappa shape index (κ1) is 18.6. The number of nitrogens with zero attached hydrogens (tertiary/aromatic N) is 1. The molecule has 7 nitrogen and oxygen atoms in total. The van der Waals surface area contributed by atoms with Gasteiger partial charge in [0.05, 0.1) is 20.3 Å². The fourth-order valence-corrected chi connectivity index (χ4v) is 1.97. The van der Waals surface area contributed by atoms with Crippen LogP contribution in [0, 0.1) is 4.91 Å². The molecule has 0 radical (unpaired) electrons. The van der Waals surface area contributed by atoms with E-state index in [1.807, 2.05) is 0 Å². The largest absolute Gasteiger partial charge is 0.493 e. The average Bonchev–Trinajstić information content (AvgIpc) is 2.57. The molecular weight excluding hydrogens is 302 g/mol. The van der Waals surface area contributed by atoms with Crippen molar-refractivity contribution in [2.45, 2.75) is 32.6 Å². The number of methoxy groups -OCH3 is 1. The van der Waals surface area contributed by atoms with Crippen molar-refractivity contribution >= 4 is 17.9 Å². The van der Waals surface area contributed by atoms with Gasteiger partial charge in [0.25, 0.3) is 0 Å². The highest BCUT2D eigenvalue weighted by molar-refractivity contribution is 5.84. The second kappa shape index (κ2) is 10.3. The summed E-state index contributed by atoms with van der Waals surface area (Å²) in [5, 5.41) is 2.80. The van der Waals surface area contributed by atoms with Crippen LogP contribution in [0.4, 0.5) is 5.69 Å². The van der Waals surface area contributed by atoms with Gasteiger partial charge in [-0.2, -0.15) is 0 Å². The Kier molecular flexibility index (Phi) is 8.34. The number of esters is 1. The number of ether oxygens (including phenoxy) is 3. The number of carbonyl (C=O) groups is 2. The predicted molar refractivity (Wildman–Crippen MR) is 84.4 cm³/mol. The zero-order valence-corrected chi connectivity index (χ0v) is 13.4. The van der Waals surface area contributed by atoms with Crippen LogP contribution in [0.3, 0.4) is 0 Å². The zero-order chi connectivity index (χ0) is 17.1. The van der Waals surface area contributed by atoms with Crippen molar-refractivity contribution in [3.63, 3.8) is 0 Å². The fraction of sp³-hybridized carbons (Fsp3) is 0.500. The minimum atomic E-state index is -0.193. The number of carbonyl (C=O) groups excluding carboxylic acids is 2. The lowest BCUT2D eigenvalue weighted by Crippen LogP contribution is -2.04. The quantitative estimate of drug-likeness (QED) is 0.268. The van der Waals surface area contributed by atoms with Gasteiger partial charge < -0.3 is 14.2 Å². The van der Waals surface area contributed by atoms with Crippen molar-refractivity contribution in [1.29, 1.82) is 0 Å². The normalized spacial score (nSPS) is 10.0. The van der Waals surface area contributed by atoms with Crippen LogP contribution < -0.4 is 9.47 Å². The van der Waals surface area contributed by atoms with E-state index >= 15 is 0 Å². The van der Waals surface area contributed by atoms with Crippen molar-refractivity contribution in [2.24, 2.45) is 5.18 Å². The number of nitroso groups, excluding NO2 is 1. The molecule has 0 N–H and O–H groups in total. The fourth-order valence-electron chi connectivity index (χ4n) is 1.97. The van der Waals surface area contributed by atoms with Gasteiger partial charge in [-0.05, 0) is 37.4 Å². The lowest BCUT2D eigenvalue weighted by Gasteiger charge is -2.11. The second-order valence-electron chi connectivity index (χ2n) is 4.74. The maximum atomic E-state index is 11.2. The van der Waals surface area contributed by atoms with Crippen molar-refractivity contribution in [3.05, 3.63) is 22.6 Å². The molecule has 0 saturated heterocycles. The topological polar surface area (TPSA) is 91.3 Å². The first-order valence-electron chi connectivity index (χ1n) is 7.45. The lowest BCUT2D eigenvalue weighted by atomic mass is 10.1. The van der Waals surface area contributed by atoms with E-state index in [1.54, 1.807) is 6.92 Å². The van der Waals surface area contributed by atoms with Gasteiger partial charge in [0.2, 0.25) is 0 Å². The lowest BCUT2D eigenvalue weighted by molar-refractivity contribution is -0.143. The molecule has 0 amide bonds. The summed E-state index contributed by atoms with van der Waals surface area (Å²) < 4.78 is 15.5. The second-order valence-corrected chi connectivity index (χ2v) is 4.74. The van der Waals surface area contributed by atoms with Gasteiger partial charge in [-0.15, -0.1) is 4.91 Å². The Bertz CT molecular complexity index is 544. The van der Waals surface area contributed by atoms with E-state index in [-0.39, 0.29) is 17.2 Å². The Balaban J connectivity index is 2.46. The molecule has 0 heterocycles. The van der Waals surface area contributed by atoms with E-state index in [0.29, 0.717) is 37.4 Å². The summed E-state index contributed by atoms with van der Waals surface area (Å²) in [4.78, 5) is 32.8. The molecule has 0 aliphatic carbocycles. The highest BCUT2D eigenvalue weighted by Gasteiger charge is 2.12. The molecule has 0 aliphatic heterocycles. The molecule has 0 aromatic heterocycles. The molecule has 0 atom stereocenters. The van der Waals surface area contributed by atoms with E-state index in [9.17, 15) is 14.5 Å². The predicted octanol–water partition coefficient (Wildman–Crippen LogP) is 3.41. The van der Waals surface area contributed by atoms with Crippen LogP contribution in [0.2, 0.25) is 0 Å². The van der Waals surface area contributed by atoms with E-state index < -0.39 is 0 Å². The molecule has 1 rings (SSSR count). The van der Waals surface area contributed by atoms with E-state index in [4.69, 9.17) is 14.2 Å². The summed E-state index contributed by atoms with van der Waals surface area (Å²) in [6.45, 7) is 2.57. The number of rotatable bonds is 11. The summed E-state index contributed by atoms with van der Waals surface area (Å²) in [6, 6.07) is 2.80. The Hall–Kier alpha value is -2.44. The maximum absolute atomic E-state index is 11.2. The first-order valence-corrected chi connectivity index (χ1v) is 7.45. The highest BCUT2D eigenvalue weighted by atomic mass is 16.5. The SMILES string of the molecule is CCOC(=O)CCCCCOc1cc(N=O)c(C=O)cc1OC. The van der Waals surface area contributed by atoms with Crippen LogP contribution in [0.1, 0.15) is 43.0 Å². The molecule has 0 aliphatic rings. The van der Waals surface area contributed by atoms with E-state index in [0.717, 1.165) is 19.3 Å². The Labute approximate surface area is 134 Å². The van der Waals surface area contributed by atoms with Crippen LogP contribution in [-0.4, -0.2) is 32.6 Å². The van der Waals surface area contributed by atoms with Crippen LogP contribution in [0.5, 0.6) is 11.5 Å². The molecule has 23 heavy (non-hydrogen) atoms.